The highest BCUT2D eigenvalue weighted by Crippen LogP contribution is 2.26. The average molecular weight is 413 g/mol. The molecule has 4 aromatic rings. The monoisotopic (exact) mass is 412 g/mol. The van der Waals surface area contributed by atoms with Crippen molar-refractivity contribution in [1.82, 2.24) is 9.88 Å². The lowest BCUT2D eigenvalue weighted by molar-refractivity contribution is 0.601. The molecule has 1 aromatic heterocycles. The van der Waals surface area contributed by atoms with Crippen molar-refractivity contribution in [2.24, 2.45) is 0 Å². The summed E-state index contributed by atoms with van der Waals surface area (Å²) in [5.41, 5.74) is 3.76. The molecule has 3 aromatic carbocycles. The Labute approximate surface area is 173 Å². The number of benzene rings is 3. The smallest absolute Gasteiger partial charge is 0.129 e. The Morgan fingerprint density at radius 1 is 0.786 bits per heavy atom. The Bertz CT molecular complexity index is 1100. The van der Waals surface area contributed by atoms with Crippen molar-refractivity contribution in [1.29, 1.82) is 0 Å². The minimum atomic E-state index is -0.288. The van der Waals surface area contributed by atoms with E-state index in [9.17, 15) is 4.39 Å². The lowest BCUT2D eigenvalue weighted by Gasteiger charge is -2.08. The van der Waals surface area contributed by atoms with Gasteiger partial charge in [-0.05, 0) is 35.4 Å². The fraction of sp³-hybridized carbons (Fsp3) is 0.130. The van der Waals surface area contributed by atoms with Crippen LogP contribution in [0, 0.1) is 5.82 Å². The van der Waals surface area contributed by atoms with E-state index in [4.69, 9.17) is 23.2 Å². The molecule has 0 aliphatic rings. The van der Waals surface area contributed by atoms with E-state index in [2.05, 4.69) is 17.6 Å². The predicted molar refractivity (Wildman–Crippen MR) is 114 cm³/mol. The number of hydrogen-bond acceptors (Lipinski definition) is 1. The molecule has 0 amide bonds. The number of rotatable bonds is 6. The van der Waals surface area contributed by atoms with Crippen molar-refractivity contribution in [3.05, 3.63) is 105 Å². The Morgan fingerprint density at radius 2 is 1.50 bits per heavy atom. The largest absolute Gasteiger partial charge is 0.343 e. The zero-order valence-electron chi connectivity index (χ0n) is 15.1. The first kappa shape index (κ1) is 19.0. The van der Waals surface area contributed by atoms with Crippen molar-refractivity contribution in [2.45, 2.75) is 19.6 Å². The third-order valence-electron chi connectivity index (χ3n) is 4.85. The number of nitrogens with one attached hydrogen (secondary N) is 1. The van der Waals surface area contributed by atoms with Crippen LogP contribution in [0.1, 0.15) is 16.7 Å². The number of fused-ring (bicyclic) bond motifs is 1. The van der Waals surface area contributed by atoms with Gasteiger partial charge in [0.1, 0.15) is 5.82 Å². The second-order valence-corrected chi connectivity index (χ2v) is 7.51. The van der Waals surface area contributed by atoms with Crippen LogP contribution in [0.3, 0.4) is 0 Å². The third-order valence-corrected chi connectivity index (χ3v) is 5.57. The van der Waals surface area contributed by atoms with Gasteiger partial charge in [0, 0.05) is 45.8 Å². The summed E-state index contributed by atoms with van der Waals surface area (Å²) >= 11 is 12.5. The summed E-state index contributed by atoms with van der Waals surface area (Å²) in [6.07, 6.45) is 2.06. The van der Waals surface area contributed by atoms with Crippen molar-refractivity contribution < 1.29 is 4.39 Å². The molecular weight excluding hydrogens is 394 g/mol. The number of para-hydroxylation sites is 1. The molecule has 0 radical (unpaired) electrons. The van der Waals surface area contributed by atoms with Crippen LogP contribution in [-0.4, -0.2) is 4.57 Å². The Hall–Kier alpha value is -2.33. The van der Waals surface area contributed by atoms with E-state index in [-0.39, 0.29) is 5.82 Å². The Kier molecular flexibility index (Phi) is 5.67. The maximum absolute atomic E-state index is 14.2. The first-order valence-electron chi connectivity index (χ1n) is 9.07. The molecule has 0 aliphatic heterocycles. The molecule has 0 aliphatic carbocycles. The number of aromatic nitrogens is 1. The molecule has 1 heterocycles. The molecule has 0 atom stereocenters. The van der Waals surface area contributed by atoms with Gasteiger partial charge in [0.25, 0.3) is 0 Å². The zero-order valence-corrected chi connectivity index (χ0v) is 16.6. The SMILES string of the molecule is Fc1cccc(Cl)c1Cn1cc(CNCc2ccccc2Cl)c2ccccc21. The first-order chi connectivity index (χ1) is 13.6. The van der Waals surface area contributed by atoms with Crippen molar-refractivity contribution in [3.63, 3.8) is 0 Å². The van der Waals surface area contributed by atoms with Gasteiger partial charge in [-0.15, -0.1) is 0 Å². The molecule has 0 unspecified atom stereocenters. The molecule has 0 saturated carbocycles. The highest BCUT2D eigenvalue weighted by molar-refractivity contribution is 6.31. The summed E-state index contributed by atoms with van der Waals surface area (Å²) < 4.78 is 16.3. The van der Waals surface area contributed by atoms with E-state index in [1.54, 1.807) is 12.1 Å². The summed E-state index contributed by atoms with van der Waals surface area (Å²) in [6.45, 7) is 1.75. The molecule has 2 nitrogen and oxygen atoms in total. The standard InChI is InChI=1S/C23H19Cl2FN2/c24-20-8-3-1-6-16(20)12-27-13-17-14-28(23-11-4-2-7-18(17)23)15-19-21(25)9-5-10-22(19)26/h1-11,14,27H,12-13,15H2. The fourth-order valence-electron chi connectivity index (χ4n) is 3.42. The summed E-state index contributed by atoms with van der Waals surface area (Å²) in [5.74, 6) is -0.288. The molecule has 142 valence electrons. The topological polar surface area (TPSA) is 17.0 Å². The summed E-state index contributed by atoms with van der Waals surface area (Å²) in [6, 6.07) is 20.7. The molecule has 5 heteroatoms. The van der Waals surface area contributed by atoms with Gasteiger partial charge in [-0.25, -0.2) is 4.39 Å². The van der Waals surface area contributed by atoms with Crippen molar-refractivity contribution in [2.75, 3.05) is 0 Å². The first-order valence-corrected chi connectivity index (χ1v) is 9.83. The lowest BCUT2D eigenvalue weighted by atomic mass is 10.1. The van der Waals surface area contributed by atoms with Crippen LogP contribution in [0.25, 0.3) is 10.9 Å². The van der Waals surface area contributed by atoms with E-state index >= 15 is 0 Å². The minimum absolute atomic E-state index is 0.288. The van der Waals surface area contributed by atoms with Gasteiger partial charge in [-0.2, -0.15) is 0 Å². The summed E-state index contributed by atoms with van der Waals surface area (Å²) in [7, 11) is 0. The van der Waals surface area contributed by atoms with Crippen LogP contribution in [0.2, 0.25) is 10.0 Å². The molecule has 1 N–H and O–H groups in total. The second-order valence-electron chi connectivity index (χ2n) is 6.69. The van der Waals surface area contributed by atoms with E-state index in [0.29, 0.717) is 30.2 Å². The predicted octanol–water partition coefficient (Wildman–Crippen LogP) is 6.43. The molecular formula is C23H19Cl2FN2. The highest BCUT2D eigenvalue weighted by Gasteiger charge is 2.12. The minimum Gasteiger partial charge on any atom is -0.343 e. The third kappa shape index (κ3) is 3.93. The van der Waals surface area contributed by atoms with Crippen molar-refractivity contribution in [3.8, 4) is 0 Å². The maximum Gasteiger partial charge on any atom is 0.129 e. The zero-order chi connectivity index (χ0) is 19.5. The van der Waals surface area contributed by atoms with Crippen LogP contribution in [0.4, 0.5) is 4.39 Å². The van der Waals surface area contributed by atoms with Gasteiger partial charge in [0.15, 0.2) is 0 Å². The van der Waals surface area contributed by atoms with Crippen LogP contribution < -0.4 is 5.32 Å². The van der Waals surface area contributed by atoms with E-state index < -0.39 is 0 Å². The van der Waals surface area contributed by atoms with E-state index in [1.165, 1.54) is 6.07 Å². The normalized spacial score (nSPS) is 11.2. The van der Waals surface area contributed by atoms with Gasteiger partial charge in [-0.3, -0.25) is 0 Å². The van der Waals surface area contributed by atoms with E-state index in [0.717, 1.165) is 27.1 Å². The Morgan fingerprint density at radius 3 is 2.32 bits per heavy atom. The van der Waals surface area contributed by atoms with Gasteiger partial charge < -0.3 is 9.88 Å². The van der Waals surface area contributed by atoms with Gasteiger partial charge in [0.2, 0.25) is 0 Å². The Balaban J connectivity index is 1.59. The molecule has 0 fully saturated rings. The van der Waals surface area contributed by atoms with Gasteiger partial charge in [-0.1, -0.05) is 65.7 Å². The number of nitrogens with zero attached hydrogens (tertiary/aromatic N) is 1. The second kappa shape index (κ2) is 8.36. The average Bonchev–Trinajstić information content (AvgIpc) is 3.04. The molecule has 0 saturated heterocycles. The summed E-state index contributed by atoms with van der Waals surface area (Å²) in [5, 5.41) is 5.79. The van der Waals surface area contributed by atoms with Crippen LogP contribution in [0.15, 0.2) is 72.9 Å². The summed E-state index contributed by atoms with van der Waals surface area (Å²) in [4.78, 5) is 0. The fourth-order valence-corrected chi connectivity index (χ4v) is 3.85. The highest BCUT2D eigenvalue weighted by atomic mass is 35.5. The molecule has 0 bridgehead atoms. The molecule has 0 spiro atoms. The van der Waals surface area contributed by atoms with Gasteiger partial charge >= 0.3 is 0 Å². The van der Waals surface area contributed by atoms with Gasteiger partial charge in [0.05, 0.1) is 6.54 Å². The molecule has 4 rings (SSSR count). The number of hydrogen-bond donors (Lipinski definition) is 1. The van der Waals surface area contributed by atoms with E-state index in [1.807, 2.05) is 47.0 Å². The quantitative estimate of drug-likeness (QED) is 0.386. The number of halogens is 3. The van der Waals surface area contributed by atoms with Crippen LogP contribution >= 0.6 is 23.2 Å². The van der Waals surface area contributed by atoms with Crippen molar-refractivity contribution >= 4 is 34.1 Å². The lowest BCUT2D eigenvalue weighted by Crippen LogP contribution is -2.12. The molecule has 28 heavy (non-hydrogen) atoms. The maximum atomic E-state index is 14.2. The van der Waals surface area contributed by atoms with Crippen LogP contribution in [-0.2, 0) is 19.6 Å². The van der Waals surface area contributed by atoms with Crippen LogP contribution in [0.5, 0.6) is 0 Å².